The second-order valence-corrected chi connectivity index (χ2v) is 2.80. The van der Waals surface area contributed by atoms with Crippen molar-refractivity contribution >= 4 is 5.91 Å². The molecule has 4 N–H and O–H groups in total. The van der Waals surface area contributed by atoms with Crippen molar-refractivity contribution in [3.05, 3.63) is 0 Å². The number of nitrogens with two attached hydrogens (primary N) is 1. The van der Waals surface area contributed by atoms with Gasteiger partial charge in [-0.2, -0.15) is 0 Å². The molecule has 1 amide bonds. The highest BCUT2D eigenvalue weighted by atomic mass is 16.3. The molecule has 0 aliphatic rings. The summed E-state index contributed by atoms with van der Waals surface area (Å²) in [5.41, 5.74) is 5.00. The molecule has 0 bridgehead atoms. The normalized spacial score (nSPS) is 12.8. The van der Waals surface area contributed by atoms with Gasteiger partial charge in [0.15, 0.2) is 0 Å². The lowest BCUT2D eigenvalue weighted by Crippen LogP contribution is -2.44. The molecular weight excluding hydrogens is 156 g/mol. The Bertz CT molecular complexity index is 128. The SMILES string of the molecule is CCCCCNC(CO)C(N)=O. The zero-order chi connectivity index (χ0) is 9.40. The van der Waals surface area contributed by atoms with Crippen LogP contribution in [0.25, 0.3) is 0 Å². The van der Waals surface area contributed by atoms with E-state index in [1.165, 1.54) is 0 Å². The maximum Gasteiger partial charge on any atom is 0.236 e. The number of rotatable bonds is 7. The predicted molar refractivity (Wildman–Crippen MR) is 47.6 cm³/mol. The highest BCUT2D eigenvalue weighted by Crippen LogP contribution is 1.92. The fraction of sp³-hybridized carbons (Fsp3) is 0.875. The van der Waals surface area contributed by atoms with E-state index in [4.69, 9.17) is 10.8 Å². The quantitative estimate of drug-likeness (QED) is 0.460. The van der Waals surface area contributed by atoms with Gasteiger partial charge < -0.3 is 16.2 Å². The van der Waals surface area contributed by atoms with Crippen molar-refractivity contribution in [3.63, 3.8) is 0 Å². The molecule has 0 spiro atoms. The van der Waals surface area contributed by atoms with E-state index in [-0.39, 0.29) is 6.61 Å². The third kappa shape index (κ3) is 5.09. The van der Waals surface area contributed by atoms with Gasteiger partial charge in [0.2, 0.25) is 5.91 Å². The van der Waals surface area contributed by atoms with Gasteiger partial charge in [0.1, 0.15) is 6.04 Å². The summed E-state index contributed by atoms with van der Waals surface area (Å²) in [6, 6.07) is -0.582. The van der Waals surface area contributed by atoms with Crippen LogP contribution in [0.5, 0.6) is 0 Å². The molecule has 0 aromatic rings. The van der Waals surface area contributed by atoms with Gasteiger partial charge in [-0.1, -0.05) is 19.8 Å². The van der Waals surface area contributed by atoms with Crippen molar-refractivity contribution in [2.45, 2.75) is 32.2 Å². The monoisotopic (exact) mass is 174 g/mol. The zero-order valence-corrected chi connectivity index (χ0v) is 7.55. The third-order valence-corrected chi connectivity index (χ3v) is 1.70. The highest BCUT2D eigenvalue weighted by molar-refractivity contribution is 5.79. The molecule has 4 heteroatoms. The Morgan fingerprint density at radius 1 is 1.58 bits per heavy atom. The third-order valence-electron chi connectivity index (χ3n) is 1.70. The van der Waals surface area contributed by atoms with E-state index < -0.39 is 11.9 Å². The summed E-state index contributed by atoms with van der Waals surface area (Å²) in [6.45, 7) is 2.63. The first kappa shape index (κ1) is 11.4. The van der Waals surface area contributed by atoms with Crippen LogP contribution in [0.2, 0.25) is 0 Å². The summed E-state index contributed by atoms with van der Waals surface area (Å²) in [6.07, 6.45) is 3.28. The average molecular weight is 174 g/mol. The molecule has 0 radical (unpaired) electrons. The Hall–Kier alpha value is -0.610. The molecule has 1 atom stereocenters. The Morgan fingerprint density at radius 3 is 2.67 bits per heavy atom. The number of aliphatic hydroxyl groups excluding tert-OH is 1. The first-order chi connectivity index (χ1) is 5.72. The summed E-state index contributed by atoms with van der Waals surface area (Å²) < 4.78 is 0. The number of carbonyl (C=O) groups excluding carboxylic acids is 1. The average Bonchev–Trinajstić information content (AvgIpc) is 2.04. The molecule has 0 aliphatic heterocycles. The fourth-order valence-electron chi connectivity index (χ4n) is 0.906. The molecule has 0 aromatic carbocycles. The van der Waals surface area contributed by atoms with E-state index in [1.807, 2.05) is 0 Å². The number of unbranched alkanes of at least 4 members (excludes halogenated alkanes) is 2. The van der Waals surface area contributed by atoms with Crippen LogP contribution in [0.3, 0.4) is 0 Å². The minimum absolute atomic E-state index is 0.221. The van der Waals surface area contributed by atoms with Crippen molar-refractivity contribution in [2.24, 2.45) is 5.73 Å². The first-order valence-corrected chi connectivity index (χ1v) is 4.36. The van der Waals surface area contributed by atoms with Crippen molar-refractivity contribution in [1.82, 2.24) is 5.32 Å². The van der Waals surface area contributed by atoms with Gasteiger partial charge in [-0.25, -0.2) is 0 Å². The number of carbonyl (C=O) groups is 1. The van der Waals surface area contributed by atoms with Gasteiger partial charge in [0, 0.05) is 0 Å². The maximum absolute atomic E-state index is 10.6. The number of hydrogen-bond acceptors (Lipinski definition) is 3. The fourth-order valence-corrected chi connectivity index (χ4v) is 0.906. The number of amides is 1. The summed E-state index contributed by atoms with van der Waals surface area (Å²) >= 11 is 0. The Morgan fingerprint density at radius 2 is 2.25 bits per heavy atom. The molecule has 72 valence electrons. The smallest absolute Gasteiger partial charge is 0.236 e. The van der Waals surface area contributed by atoms with E-state index in [0.717, 1.165) is 25.8 Å². The molecule has 0 saturated heterocycles. The van der Waals surface area contributed by atoms with Crippen LogP contribution in [-0.2, 0) is 4.79 Å². The molecule has 0 saturated carbocycles. The number of nitrogens with one attached hydrogen (secondary N) is 1. The van der Waals surface area contributed by atoms with E-state index >= 15 is 0 Å². The summed E-state index contributed by atoms with van der Waals surface area (Å²) in [7, 11) is 0. The van der Waals surface area contributed by atoms with Crippen molar-refractivity contribution in [3.8, 4) is 0 Å². The van der Waals surface area contributed by atoms with Crippen LogP contribution >= 0.6 is 0 Å². The number of primary amides is 1. The Balaban J connectivity index is 3.38. The van der Waals surface area contributed by atoms with Crippen LogP contribution in [0, 0.1) is 0 Å². The minimum atomic E-state index is -0.582. The van der Waals surface area contributed by atoms with E-state index in [2.05, 4.69) is 12.2 Å². The van der Waals surface area contributed by atoms with Crippen LogP contribution in [-0.4, -0.2) is 30.2 Å². The molecule has 4 nitrogen and oxygen atoms in total. The van der Waals surface area contributed by atoms with Gasteiger partial charge in [-0.05, 0) is 13.0 Å². The standard InChI is InChI=1S/C8H18N2O2/c1-2-3-4-5-10-7(6-11)8(9)12/h7,10-11H,2-6H2,1H3,(H2,9,12). The van der Waals surface area contributed by atoms with Crippen LogP contribution in [0.4, 0.5) is 0 Å². The molecule has 0 aromatic heterocycles. The van der Waals surface area contributed by atoms with E-state index in [0.29, 0.717) is 0 Å². The largest absolute Gasteiger partial charge is 0.394 e. The lowest BCUT2D eigenvalue weighted by Gasteiger charge is -2.11. The van der Waals surface area contributed by atoms with Gasteiger partial charge in [0.25, 0.3) is 0 Å². The van der Waals surface area contributed by atoms with Crippen LogP contribution < -0.4 is 11.1 Å². The highest BCUT2D eigenvalue weighted by Gasteiger charge is 2.11. The van der Waals surface area contributed by atoms with Crippen molar-refractivity contribution in [1.29, 1.82) is 0 Å². The van der Waals surface area contributed by atoms with Gasteiger partial charge in [0.05, 0.1) is 6.61 Å². The predicted octanol–water partition coefficient (Wildman–Crippen LogP) is -0.388. The first-order valence-electron chi connectivity index (χ1n) is 4.36. The molecule has 0 heterocycles. The van der Waals surface area contributed by atoms with E-state index in [9.17, 15) is 4.79 Å². The molecule has 1 unspecified atom stereocenters. The molecular formula is C8H18N2O2. The topological polar surface area (TPSA) is 75.3 Å². The number of hydrogen-bond donors (Lipinski definition) is 3. The van der Waals surface area contributed by atoms with Crippen LogP contribution in [0.15, 0.2) is 0 Å². The minimum Gasteiger partial charge on any atom is -0.394 e. The summed E-state index contributed by atoms with van der Waals surface area (Å²) in [5.74, 6) is -0.492. The van der Waals surface area contributed by atoms with Gasteiger partial charge >= 0.3 is 0 Å². The number of aliphatic hydroxyl groups is 1. The maximum atomic E-state index is 10.6. The molecule has 0 rings (SSSR count). The molecule has 0 aliphatic carbocycles. The van der Waals surface area contributed by atoms with Crippen molar-refractivity contribution in [2.75, 3.05) is 13.2 Å². The zero-order valence-electron chi connectivity index (χ0n) is 7.55. The Labute approximate surface area is 73.1 Å². The van der Waals surface area contributed by atoms with E-state index in [1.54, 1.807) is 0 Å². The lowest BCUT2D eigenvalue weighted by atomic mass is 10.2. The van der Waals surface area contributed by atoms with Gasteiger partial charge in [-0.15, -0.1) is 0 Å². The lowest BCUT2D eigenvalue weighted by molar-refractivity contribution is -0.120. The van der Waals surface area contributed by atoms with Crippen molar-refractivity contribution < 1.29 is 9.90 Å². The second kappa shape index (κ2) is 7.06. The summed E-state index contributed by atoms with van der Waals surface area (Å²) in [5, 5.41) is 11.6. The summed E-state index contributed by atoms with van der Waals surface area (Å²) in [4.78, 5) is 10.6. The van der Waals surface area contributed by atoms with Crippen LogP contribution in [0.1, 0.15) is 26.2 Å². The molecule has 12 heavy (non-hydrogen) atoms. The van der Waals surface area contributed by atoms with Gasteiger partial charge in [-0.3, -0.25) is 4.79 Å². The molecule has 0 fully saturated rings. The second-order valence-electron chi connectivity index (χ2n) is 2.80. The Kier molecular flexibility index (Phi) is 6.70.